The van der Waals surface area contributed by atoms with Crippen molar-refractivity contribution >= 4 is 40.6 Å². The molecule has 3 rings (SSSR count). The molecule has 0 aliphatic carbocycles. The van der Waals surface area contributed by atoms with Crippen LogP contribution in [-0.4, -0.2) is 28.5 Å². The van der Waals surface area contributed by atoms with E-state index in [4.69, 9.17) is 0 Å². The van der Waals surface area contributed by atoms with Crippen molar-refractivity contribution in [2.45, 2.75) is 0 Å². The zero-order chi connectivity index (χ0) is 18.7. The van der Waals surface area contributed by atoms with E-state index in [1.165, 1.54) is 48.5 Å². The number of rotatable bonds is 4. The minimum absolute atomic E-state index is 0.107. The largest absolute Gasteiger partial charge is 0.325 e. The minimum Gasteiger partial charge on any atom is -0.325 e. The number of hydrogen-bond acceptors (Lipinski definition) is 4. The van der Waals surface area contributed by atoms with Gasteiger partial charge in [0, 0.05) is 5.69 Å². The molecule has 1 N–H and O–H groups in total. The smallest absolute Gasteiger partial charge is 0.294 e. The zero-order valence-corrected chi connectivity index (χ0v) is 14.1. The average molecular weight is 374 g/mol. The molecule has 26 heavy (non-hydrogen) atoms. The topological polar surface area (TPSA) is 66.5 Å². The van der Waals surface area contributed by atoms with E-state index in [2.05, 4.69) is 5.32 Å². The van der Waals surface area contributed by atoms with E-state index in [-0.39, 0.29) is 4.91 Å². The van der Waals surface area contributed by atoms with Gasteiger partial charge in [0.2, 0.25) is 5.91 Å². The molecule has 0 unspecified atom stereocenters. The van der Waals surface area contributed by atoms with E-state index in [1.54, 1.807) is 6.07 Å². The summed E-state index contributed by atoms with van der Waals surface area (Å²) in [6.45, 7) is -0.470. The van der Waals surface area contributed by atoms with Gasteiger partial charge in [-0.05, 0) is 59.8 Å². The van der Waals surface area contributed by atoms with Crippen molar-refractivity contribution in [3.05, 3.63) is 70.6 Å². The van der Waals surface area contributed by atoms with Crippen molar-refractivity contribution in [3.63, 3.8) is 0 Å². The van der Waals surface area contributed by atoms with Gasteiger partial charge in [0.25, 0.3) is 11.1 Å². The van der Waals surface area contributed by atoms with Crippen molar-refractivity contribution in [1.82, 2.24) is 4.90 Å². The van der Waals surface area contributed by atoms with Crippen LogP contribution < -0.4 is 5.32 Å². The lowest BCUT2D eigenvalue weighted by Crippen LogP contribution is -2.36. The number of benzene rings is 2. The molecule has 2 aromatic carbocycles. The molecule has 1 saturated heterocycles. The maximum absolute atomic E-state index is 13.2. The summed E-state index contributed by atoms with van der Waals surface area (Å²) in [7, 11) is 0. The molecule has 1 aliphatic rings. The number of imide groups is 1. The second-order valence-corrected chi connectivity index (χ2v) is 6.37. The predicted octanol–water partition coefficient (Wildman–Crippen LogP) is 3.64. The number of anilines is 1. The van der Waals surface area contributed by atoms with E-state index in [0.717, 1.165) is 4.90 Å². The third-order valence-corrected chi connectivity index (χ3v) is 4.36. The summed E-state index contributed by atoms with van der Waals surface area (Å²) in [6.07, 6.45) is 1.39. The highest BCUT2D eigenvalue weighted by Crippen LogP contribution is 2.32. The zero-order valence-electron chi connectivity index (χ0n) is 13.2. The highest BCUT2D eigenvalue weighted by Gasteiger charge is 2.36. The Kier molecular flexibility index (Phi) is 5.13. The maximum Gasteiger partial charge on any atom is 0.294 e. The van der Waals surface area contributed by atoms with Crippen molar-refractivity contribution in [2.24, 2.45) is 0 Å². The van der Waals surface area contributed by atoms with E-state index in [1.807, 2.05) is 0 Å². The summed E-state index contributed by atoms with van der Waals surface area (Å²) < 4.78 is 26.1. The number of halogens is 2. The van der Waals surface area contributed by atoms with Crippen LogP contribution in [0.2, 0.25) is 0 Å². The third kappa shape index (κ3) is 4.15. The number of nitrogens with zero attached hydrogens (tertiary/aromatic N) is 1. The number of nitrogens with one attached hydrogen (secondary N) is 1. The van der Waals surface area contributed by atoms with E-state index >= 15 is 0 Å². The van der Waals surface area contributed by atoms with Gasteiger partial charge in [0.05, 0.1) is 4.91 Å². The second kappa shape index (κ2) is 7.49. The molecular weight excluding hydrogens is 362 g/mol. The molecule has 1 fully saturated rings. The molecule has 0 spiro atoms. The molecule has 0 atom stereocenters. The van der Waals surface area contributed by atoms with Crippen molar-refractivity contribution in [1.29, 1.82) is 0 Å². The third-order valence-electron chi connectivity index (χ3n) is 3.45. The van der Waals surface area contributed by atoms with Gasteiger partial charge in [-0.3, -0.25) is 19.3 Å². The molecule has 2 aromatic rings. The van der Waals surface area contributed by atoms with Gasteiger partial charge in [0.15, 0.2) is 0 Å². The Labute approximate surface area is 151 Å². The summed E-state index contributed by atoms with van der Waals surface area (Å²) in [5, 5.41) is 1.89. The first kappa shape index (κ1) is 17.8. The predicted molar refractivity (Wildman–Crippen MR) is 94.1 cm³/mol. The Morgan fingerprint density at radius 2 is 1.81 bits per heavy atom. The first-order valence-electron chi connectivity index (χ1n) is 7.49. The molecule has 0 aromatic heterocycles. The van der Waals surface area contributed by atoms with Crippen molar-refractivity contribution < 1.29 is 23.2 Å². The first-order chi connectivity index (χ1) is 12.4. The Morgan fingerprint density at radius 3 is 2.50 bits per heavy atom. The van der Waals surface area contributed by atoms with Crippen LogP contribution in [0.3, 0.4) is 0 Å². The van der Waals surface area contributed by atoms with Crippen molar-refractivity contribution in [2.75, 3.05) is 11.9 Å². The van der Waals surface area contributed by atoms with Gasteiger partial charge in [-0.2, -0.15) is 0 Å². The standard InChI is InChI=1S/C18H12F2N2O3S/c19-12-4-6-14(7-5-12)21-16(23)10-22-17(24)15(26-18(22)25)9-11-2-1-3-13(20)8-11/h1-9H,10H2,(H,21,23)/b15-9-. The second-order valence-electron chi connectivity index (χ2n) is 5.38. The van der Waals surface area contributed by atoms with Gasteiger partial charge in [-0.25, -0.2) is 8.78 Å². The monoisotopic (exact) mass is 374 g/mol. The lowest BCUT2D eigenvalue weighted by Gasteiger charge is -2.12. The van der Waals surface area contributed by atoms with Crippen LogP contribution >= 0.6 is 11.8 Å². The quantitative estimate of drug-likeness (QED) is 0.830. The van der Waals surface area contributed by atoms with Crippen LogP contribution in [-0.2, 0) is 9.59 Å². The molecular formula is C18H12F2N2O3S. The first-order valence-corrected chi connectivity index (χ1v) is 8.30. The highest BCUT2D eigenvalue weighted by molar-refractivity contribution is 8.18. The van der Waals surface area contributed by atoms with E-state index in [9.17, 15) is 23.2 Å². The molecule has 8 heteroatoms. The van der Waals surface area contributed by atoms with Gasteiger partial charge in [-0.15, -0.1) is 0 Å². The number of carbonyl (C=O) groups is 3. The Morgan fingerprint density at radius 1 is 1.08 bits per heavy atom. The van der Waals surface area contributed by atoms with E-state index < -0.39 is 35.2 Å². The van der Waals surface area contributed by atoms with Gasteiger partial charge in [0.1, 0.15) is 18.2 Å². The highest BCUT2D eigenvalue weighted by atomic mass is 32.2. The van der Waals surface area contributed by atoms with Gasteiger partial charge >= 0.3 is 0 Å². The van der Waals surface area contributed by atoms with Crippen LogP contribution in [0.1, 0.15) is 5.56 Å². The van der Waals surface area contributed by atoms with E-state index in [0.29, 0.717) is 23.0 Å². The van der Waals surface area contributed by atoms with Crippen LogP contribution in [0.15, 0.2) is 53.4 Å². The molecule has 0 radical (unpaired) electrons. The number of thioether (sulfide) groups is 1. The summed E-state index contributed by atoms with van der Waals surface area (Å²) in [6, 6.07) is 10.7. The SMILES string of the molecule is O=C(CN1C(=O)S/C(=C\c2cccc(F)c2)C1=O)Nc1ccc(F)cc1. The van der Waals surface area contributed by atoms with Crippen LogP contribution in [0.5, 0.6) is 0 Å². The van der Waals surface area contributed by atoms with Gasteiger partial charge in [-0.1, -0.05) is 12.1 Å². The number of hydrogen-bond donors (Lipinski definition) is 1. The minimum atomic E-state index is -0.626. The summed E-state index contributed by atoms with van der Waals surface area (Å²) >= 11 is 0.679. The number of amides is 3. The molecule has 1 heterocycles. The van der Waals surface area contributed by atoms with Crippen molar-refractivity contribution in [3.8, 4) is 0 Å². The molecule has 1 aliphatic heterocycles. The Bertz CT molecular complexity index is 913. The molecule has 132 valence electrons. The summed E-state index contributed by atoms with van der Waals surface area (Å²) in [4.78, 5) is 37.3. The number of carbonyl (C=O) groups excluding carboxylic acids is 3. The van der Waals surface area contributed by atoms with Gasteiger partial charge < -0.3 is 5.32 Å². The molecule has 0 saturated carbocycles. The summed E-state index contributed by atoms with van der Waals surface area (Å²) in [5.74, 6) is -2.13. The Balaban J connectivity index is 1.69. The molecule has 0 bridgehead atoms. The summed E-state index contributed by atoms with van der Waals surface area (Å²) in [5.41, 5.74) is 0.782. The van der Waals surface area contributed by atoms with Crippen LogP contribution in [0.4, 0.5) is 19.3 Å². The fraction of sp³-hybridized carbons (Fsp3) is 0.0556. The lowest BCUT2D eigenvalue weighted by atomic mass is 10.2. The maximum atomic E-state index is 13.2. The molecule has 3 amide bonds. The Hall–Kier alpha value is -3.00. The average Bonchev–Trinajstić information content (AvgIpc) is 2.84. The van der Waals surface area contributed by atoms with Crippen LogP contribution in [0, 0.1) is 11.6 Å². The fourth-order valence-electron chi connectivity index (χ4n) is 2.26. The lowest BCUT2D eigenvalue weighted by molar-refractivity contribution is -0.127. The van der Waals surface area contributed by atoms with Crippen LogP contribution in [0.25, 0.3) is 6.08 Å². The normalized spacial score (nSPS) is 15.6. The molecule has 5 nitrogen and oxygen atoms in total. The fourth-order valence-corrected chi connectivity index (χ4v) is 3.10.